The largest absolute Gasteiger partial charge is 0.481 e. The topological polar surface area (TPSA) is 63.6 Å². The maximum Gasteiger partial charge on any atom is 0.305 e. The molecule has 4 nitrogen and oxygen atoms in total. The molecule has 1 N–H and O–H groups in total. The Balaban J connectivity index is 0. The molecule has 4 heteroatoms. The maximum absolute atomic E-state index is 10.2. The van der Waals surface area contributed by atoms with Gasteiger partial charge in [-0.3, -0.25) is 9.59 Å². The van der Waals surface area contributed by atoms with Gasteiger partial charge in [-0.15, -0.1) is 0 Å². The third-order valence-electron chi connectivity index (χ3n) is 1.18. The molecule has 0 rings (SSSR count). The number of hydrogen-bond acceptors (Lipinski definition) is 3. The number of ether oxygens (including phenoxy) is 1. The summed E-state index contributed by atoms with van der Waals surface area (Å²) in [7, 11) is 1.40. The van der Waals surface area contributed by atoms with Crippen molar-refractivity contribution < 1.29 is 19.4 Å². The van der Waals surface area contributed by atoms with Crippen LogP contribution in [0.25, 0.3) is 0 Å². The van der Waals surface area contributed by atoms with Gasteiger partial charge in [0, 0.05) is 6.42 Å². The highest BCUT2D eigenvalue weighted by Crippen LogP contribution is 1.87. The van der Waals surface area contributed by atoms with Crippen molar-refractivity contribution in [1.29, 1.82) is 0 Å². The molecular weight excluding hydrogens is 172 g/mol. The van der Waals surface area contributed by atoms with E-state index in [0.29, 0.717) is 6.42 Å². The molecule has 0 aliphatic heterocycles. The van der Waals surface area contributed by atoms with E-state index in [0.717, 1.165) is 6.42 Å². The van der Waals surface area contributed by atoms with Crippen molar-refractivity contribution in [3.05, 3.63) is 0 Å². The van der Waals surface area contributed by atoms with Gasteiger partial charge in [0.15, 0.2) is 0 Å². The Bertz CT molecular complexity index is 152. The third-order valence-corrected chi connectivity index (χ3v) is 1.18. The lowest BCUT2D eigenvalue weighted by Gasteiger charge is -1.91. The van der Waals surface area contributed by atoms with E-state index >= 15 is 0 Å². The van der Waals surface area contributed by atoms with E-state index in [4.69, 9.17) is 5.11 Å². The fourth-order valence-corrected chi connectivity index (χ4v) is 0.306. The number of esters is 1. The van der Waals surface area contributed by atoms with Crippen molar-refractivity contribution in [3.8, 4) is 0 Å². The predicted molar refractivity (Wildman–Crippen MR) is 49.4 cm³/mol. The molecule has 0 heterocycles. The average molecular weight is 190 g/mol. The van der Waals surface area contributed by atoms with Crippen LogP contribution in [0.15, 0.2) is 0 Å². The molecule has 78 valence electrons. The lowest BCUT2D eigenvalue weighted by Crippen LogP contribution is -2.03. The van der Waals surface area contributed by atoms with Gasteiger partial charge in [0.25, 0.3) is 0 Å². The van der Waals surface area contributed by atoms with Gasteiger partial charge in [-0.2, -0.15) is 0 Å². The first-order chi connectivity index (χ1) is 5.95. The van der Waals surface area contributed by atoms with E-state index in [-0.39, 0.29) is 11.9 Å². The fourth-order valence-electron chi connectivity index (χ4n) is 0.306. The Morgan fingerprint density at radius 3 is 1.85 bits per heavy atom. The van der Waals surface area contributed by atoms with Gasteiger partial charge in [-0.05, 0) is 6.42 Å². The van der Waals surface area contributed by atoms with Crippen LogP contribution < -0.4 is 0 Å². The number of aliphatic carboxylic acids is 1. The van der Waals surface area contributed by atoms with E-state index in [1.165, 1.54) is 7.11 Å². The highest BCUT2D eigenvalue weighted by Gasteiger charge is 1.99. The Kier molecular flexibility index (Phi) is 10.0. The van der Waals surface area contributed by atoms with Crippen LogP contribution in [0.4, 0.5) is 0 Å². The first-order valence-corrected chi connectivity index (χ1v) is 4.25. The molecule has 0 unspecified atom stereocenters. The first-order valence-electron chi connectivity index (χ1n) is 4.25. The van der Waals surface area contributed by atoms with Crippen molar-refractivity contribution in [2.75, 3.05) is 7.11 Å². The van der Waals surface area contributed by atoms with Crippen molar-refractivity contribution in [1.82, 2.24) is 0 Å². The lowest BCUT2D eigenvalue weighted by molar-refractivity contribution is -0.141. The summed E-state index contributed by atoms with van der Waals surface area (Å²) in [5, 5.41) is 7.99. The molecule has 13 heavy (non-hydrogen) atoms. The zero-order valence-electron chi connectivity index (χ0n) is 8.66. The Labute approximate surface area is 78.9 Å². The second-order valence-electron chi connectivity index (χ2n) is 2.82. The third kappa shape index (κ3) is 13.9. The van der Waals surface area contributed by atoms with Gasteiger partial charge < -0.3 is 9.84 Å². The van der Waals surface area contributed by atoms with Crippen molar-refractivity contribution in [2.24, 2.45) is 5.92 Å². The summed E-state index contributed by atoms with van der Waals surface area (Å²) in [6.07, 6.45) is 1.41. The van der Waals surface area contributed by atoms with Crippen molar-refractivity contribution in [2.45, 2.75) is 33.6 Å². The number of carbonyl (C=O) groups excluding carboxylic acids is 1. The van der Waals surface area contributed by atoms with E-state index in [1.807, 2.05) is 6.92 Å². The SMILES string of the molecule is CC(C)C(=O)O.CCCC(=O)OC. The number of hydrogen-bond donors (Lipinski definition) is 1. The van der Waals surface area contributed by atoms with E-state index < -0.39 is 5.97 Å². The molecule has 0 aliphatic carbocycles. The zero-order chi connectivity index (χ0) is 10.9. The van der Waals surface area contributed by atoms with Gasteiger partial charge in [-0.25, -0.2) is 0 Å². The molecule has 0 atom stereocenters. The molecule has 0 amide bonds. The summed E-state index contributed by atoms with van der Waals surface area (Å²) >= 11 is 0. The molecule has 0 spiro atoms. The molecule has 0 saturated carbocycles. The fraction of sp³-hybridized carbons (Fsp3) is 0.778. The molecular formula is C9H18O4. The van der Waals surface area contributed by atoms with Gasteiger partial charge in [-0.1, -0.05) is 20.8 Å². The first kappa shape index (κ1) is 14.5. The van der Waals surface area contributed by atoms with E-state index in [1.54, 1.807) is 13.8 Å². The van der Waals surface area contributed by atoms with Gasteiger partial charge in [0.05, 0.1) is 13.0 Å². The summed E-state index contributed by atoms with van der Waals surface area (Å²) in [4.78, 5) is 19.9. The van der Waals surface area contributed by atoms with Gasteiger partial charge in [0.2, 0.25) is 0 Å². The standard InChI is InChI=1S/C5H10O2.C4H8O2/c1-3-4-5(6)7-2;1-3(2)4(5)6/h3-4H2,1-2H3;3H,1-2H3,(H,5,6). The Hall–Kier alpha value is -1.06. The van der Waals surface area contributed by atoms with Gasteiger partial charge >= 0.3 is 11.9 Å². The minimum absolute atomic E-state index is 0.123. The summed E-state index contributed by atoms with van der Waals surface area (Å²) in [6.45, 7) is 5.22. The van der Waals surface area contributed by atoms with Crippen LogP contribution in [0, 0.1) is 5.92 Å². The quantitative estimate of drug-likeness (QED) is 0.688. The minimum atomic E-state index is -0.741. The Morgan fingerprint density at radius 1 is 1.38 bits per heavy atom. The molecule has 0 aromatic rings. The van der Waals surface area contributed by atoms with Crippen LogP contribution in [0.5, 0.6) is 0 Å². The molecule has 0 radical (unpaired) electrons. The second kappa shape index (κ2) is 9.03. The lowest BCUT2D eigenvalue weighted by atomic mass is 10.2. The summed E-state index contributed by atoms with van der Waals surface area (Å²) in [6, 6.07) is 0. The number of carbonyl (C=O) groups is 2. The smallest absolute Gasteiger partial charge is 0.305 e. The second-order valence-corrected chi connectivity index (χ2v) is 2.82. The predicted octanol–water partition coefficient (Wildman–Crippen LogP) is 1.69. The van der Waals surface area contributed by atoms with Crippen molar-refractivity contribution in [3.63, 3.8) is 0 Å². The van der Waals surface area contributed by atoms with Gasteiger partial charge in [0.1, 0.15) is 0 Å². The maximum atomic E-state index is 10.2. The van der Waals surface area contributed by atoms with Crippen LogP contribution in [0.2, 0.25) is 0 Å². The van der Waals surface area contributed by atoms with Crippen LogP contribution in [-0.2, 0) is 14.3 Å². The van der Waals surface area contributed by atoms with Crippen LogP contribution >= 0.6 is 0 Å². The summed E-state index contributed by atoms with van der Waals surface area (Å²) in [5.41, 5.74) is 0. The average Bonchev–Trinajstić information content (AvgIpc) is 2.05. The normalized spacial score (nSPS) is 8.69. The van der Waals surface area contributed by atoms with Crippen LogP contribution in [-0.4, -0.2) is 24.2 Å². The number of rotatable bonds is 3. The van der Waals surface area contributed by atoms with Crippen molar-refractivity contribution >= 4 is 11.9 Å². The summed E-state index contributed by atoms with van der Waals surface area (Å²) < 4.78 is 4.35. The molecule has 0 aromatic heterocycles. The Morgan fingerprint density at radius 2 is 1.77 bits per heavy atom. The highest BCUT2D eigenvalue weighted by molar-refractivity contribution is 5.69. The van der Waals surface area contributed by atoms with Crippen LogP contribution in [0.3, 0.4) is 0 Å². The van der Waals surface area contributed by atoms with Crippen LogP contribution in [0.1, 0.15) is 33.6 Å². The molecule has 0 saturated heterocycles. The number of carboxylic acids is 1. The van der Waals surface area contributed by atoms with E-state index in [2.05, 4.69) is 4.74 Å². The monoisotopic (exact) mass is 190 g/mol. The number of methoxy groups -OCH3 is 1. The molecule has 0 bridgehead atoms. The minimum Gasteiger partial charge on any atom is -0.481 e. The highest BCUT2D eigenvalue weighted by atomic mass is 16.5. The summed E-state index contributed by atoms with van der Waals surface area (Å²) in [5.74, 6) is -1.09. The number of carboxylic acid groups (broad SMARTS) is 1. The van der Waals surface area contributed by atoms with E-state index in [9.17, 15) is 9.59 Å². The molecule has 0 aromatic carbocycles. The zero-order valence-corrected chi connectivity index (χ0v) is 8.66. The molecule has 0 fully saturated rings. The molecule has 0 aliphatic rings.